The lowest BCUT2D eigenvalue weighted by atomic mass is 10.1. The van der Waals surface area contributed by atoms with Crippen molar-refractivity contribution in [2.24, 2.45) is 0 Å². The fraction of sp³-hybridized carbons (Fsp3) is 0.357. The van der Waals surface area contributed by atoms with Crippen molar-refractivity contribution in [3.8, 4) is 0 Å². The van der Waals surface area contributed by atoms with Gasteiger partial charge in [0.1, 0.15) is 11.2 Å². The van der Waals surface area contributed by atoms with Gasteiger partial charge in [0, 0.05) is 6.20 Å². The molecular formula is C14H16N2O4. The average molecular weight is 276 g/mol. The summed E-state index contributed by atoms with van der Waals surface area (Å²) >= 11 is 0. The summed E-state index contributed by atoms with van der Waals surface area (Å²) in [6.45, 7) is 5.40. The maximum absolute atomic E-state index is 11.8. The second kappa shape index (κ2) is 4.96. The molecule has 6 heteroatoms. The number of pyridine rings is 1. The van der Waals surface area contributed by atoms with Crippen molar-refractivity contribution in [1.29, 1.82) is 0 Å². The van der Waals surface area contributed by atoms with E-state index in [0.29, 0.717) is 11.1 Å². The molecule has 0 atom stereocenters. The Morgan fingerprint density at radius 1 is 1.40 bits per heavy atom. The Kier molecular flexibility index (Phi) is 3.48. The molecule has 0 saturated heterocycles. The molecule has 2 rings (SSSR count). The third-order valence-corrected chi connectivity index (χ3v) is 2.58. The molecule has 106 valence electrons. The minimum Gasteiger partial charge on any atom is -0.478 e. The largest absolute Gasteiger partial charge is 0.478 e. The molecule has 0 aliphatic rings. The second-order valence-electron chi connectivity index (χ2n) is 5.49. The molecule has 0 spiro atoms. The number of carbonyl (C=O) groups is 2. The Balaban J connectivity index is 2.25. The molecular weight excluding hydrogens is 260 g/mol. The number of hydrogen-bond acceptors (Lipinski definition) is 4. The van der Waals surface area contributed by atoms with Crippen molar-refractivity contribution < 1.29 is 19.4 Å². The van der Waals surface area contributed by atoms with Gasteiger partial charge in [-0.1, -0.05) is 0 Å². The first-order valence-corrected chi connectivity index (χ1v) is 6.18. The molecule has 6 nitrogen and oxygen atoms in total. The fourth-order valence-corrected chi connectivity index (χ4v) is 1.84. The highest BCUT2D eigenvalue weighted by Crippen LogP contribution is 2.15. The highest BCUT2D eigenvalue weighted by molar-refractivity contribution is 5.95. The number of carboxylic acids is 1. The third-order valence-electron chi connectivity index (χ3n) is 2.58. The second-order valence-corrected chi connectivity index (χ2v) is 5.49. The van der Waals surface area contributed by atoms with Gasteiger partial charge < -0.3 is 9.84 Å². The Bertz CT molecular complexity index is 667. The number of ether oxygens (including phenoxy) is 1. The van der Waals surface area contributed by atoms with Crippen LogP contribution in [0.15, 0.2) is 24.5 Å². The Morgan fingerprint density at radius 2 is 2.10 bits per heavy atom. The summed E-state index contributed by atoms with van der Waals surface area (Å²) in [5, 5.41) is 13.0. The number of hydrogen-bond donors (Lipinski definition) is 1. The normalized spacial score (nSPS) is 11.6. The smallest absolute Gasteiger partial charge is 0.339 e. The van der Waals surface area contributed by atoms with Crippen LogP contribution in [0, 0.1) is 0 Å². The third kappa shape index (κ3) is 3.14. The Labute approximate surface area is 116 Å². The number of nitrogens with zero attached hydrogens (tertiary/aromatic N) is 2. The maximum atomic E-state index is 11.8. The molecule has 0 radical (unpaired) electrons. The van der Waals surface area contributed by atoms with Gasteiger partial charge in [0.25, 0.3) is 0 Å². The predicted octanol–water partition coefficient (Wildman–Crippen LogP) is 1.92. The van der Waals surface area contributed by atoms with Crippen molar-refractivity contribution in [3.05, 3.63) is 35.7 Å². The maximum Gasteiger partial charge on any atom is 0.339 e. The van der Waals surface area contributed by atoms with E-state index in [2.05, 4.69) is 5.10 Å². The Hall–Kier alpha value is -2.37. The van der Waals surface area contributed by atoms with Crippen LogP contribution in [0.5, 0.6) is 0 Å². The van der Waals surface area contributed by atoms with E-state index in [0.717, 1.165) is 0 Å². The van der Waals surface area contributed by atoms with Crippen molar-refractivity contribution in [1.82, 2.24) is 9.61 Å². The van der Waals surface area contributed by atoms with E-state index in [9.17, 15) is 9.59 Å². The molecule has 0 aliphatic carbocycles. The summed E-state index contributed by atoms with van der Waals surface area (Å²) in [7, 11) is 0. The highest BCUT2D eigenvalue weighted by atomic mass is 16.6. The highest BCUT2D eigenvalue weighted by Gasteiger charge is 2.17. The van der Waals surface area contributed by atoms with Crippen molar-refractivity contribution in [2.75, 3.05) is 0 Å². The standard InChI is InChI=1S/C14H16N2O4/c1-14(2,3)20-12(17)7-9-4-5-16-11(6-9)10(8-15-16)13(18)19/h4-6,8H,7H2,1-3H3,(H,18,19). The summed E-state index contributed by atoms with van der Waals surface area (Å²) in [6.07, 6.45) is 3.01. The molecule has 0 fully saturated rings. The van der Waals surface area contributed by atoms with Crippen molar-refractivity contribution >= 4 is 17.5 Å². The first-order valence-electron chi connectivity index (χ1n) is 6.18. The average Bonchev–Trinajstić information content (AvgIpc) is 2.69. The minimum atomic E-state index is -1.05. The number of carboxylic acid groups (broad SMARTS) is 1. The van der Waals surface area contributed by atoms with E-state index < -0.39 is 11.6 Å². The number of rotatable bonds is 3. The van der Waals surface area contributed by atoms with Crippen LogP contribution in [0.25, 0.3) is 5.52 Å². The number of carbonyl (C=O) groups excluding carboxylic acids is 1. The van der Waals surface area contributed by atoms with Crippen molar-refractivity contribution in [3.63, 3.8) is 0 Å². The summed E-state index contributed by atoms with van der Waals surface area (Å²) in [5.41, 5.74) is 0.716. The van der Waals surface area contributed by atoms with Gasteiger partial charge in [0.15, 0.2) is 0 Å². The van der Waals surface area contributed by atoms with Gasteiger partial charge in [-0.05, 0) is 38.5 Å². The van der Waals surface area contributed by atoms with Crippen LogP contribution in [-0.2, 0) is 16.0 Å². The lowest BCUT2D eigenvalue weighted by molar-refractivity contribution is -0.153. The van der Waals surface area contributed by atoms with E-state index in [1.54, 1.807) is 39.1 Å². The van der Waals surface area contributed by atoms with E-state index in [-0.39, 0.29) is 18.0 Å². The fourth-order valence-electron chi connectivity index (χ4n) is 1.84. The predicted molar refractivity (Wildman–Crippen MR) is 71.7 cm³/mol. The first kappa shape index (κ1) is 14.0. The lowest BCUT2D eigenvalue weighted by Gasteiger charge is -2.19. The van der Waals surface area contributed by atoms with Crippen molar-refractivity contribution in [2.45, 2.75) is 32.8 Å². The molecule has 2 heterocycles. The summed E-state index contributed by atoms with van der Waals surface area (Å²) in [6, 6.07) is 3.36. The topological polar surface area (TPSA) is 80.9 Å². The van der Waals surface area contributed by atoms with Crippen LogP contribution in [-0.4, -0.2) is 32.3 Å². The first-order chi connectivity index (χ1) is 9.26. The van der Waals surface area contributed by atoms with E-state index >= 15 is 0 Å². The quantitative estimate of drug-likeness (QED) is 0.866. The van der Waals surface area contributed by atoms with Crippen LogP contribution >= 0.6 is 0 Å². The summed E-state index contributed by atoms with van der Waals surface area (Å²) < 4.78 is 6.70. The molecule has 0 unspecified atom stereocenters. The number of esters is 1. The van der Waals surface area contributed by atoms with Gasteiger partial charge in [0.05, 0.1) is 18.1 Å². The number of aromatic nitrogens is 2. The van der Waals surface area contributed by atoms with E-state index in [4.69, 9.17) is 9.84 Å². The van der Waals surface area contributed by atoms with E-state index in [1.165, 1.54) is 10.7 Å². The van der Waals surface area contributed by atoms with Crippen LogP contribution < -0.4 is 0 Å². The zero-order chi connectivity index (χ0) is 14.9. The van der Waals surface area contributed by atoms with Gasteiger partial charge in [0.2, 0.25) is 0 Å². The molecule has 0 aromatic carbocycles. The SMILES string of the molecule is CC(C)(C)OC(=O)Cc1ccn2ncc(C(=O)O)c2c1. The molecule has 2 aromatic rings. The molecule has 2 aromatic heterocycles. The van der Waals surface area contributed by atoms with Crippen LogP contribution in [0.1, 0.15) is 36.7 Å². The van der Waals surface area contributed by atoms with Gasteiger partial charge in [-0.25, -0.2) is 9.31 Å². The van der Waals surface area contributed by atoms with E-state index in [1.807, 2.05) is 0 Å². The zero-order valence-corrected chi connectivity index (χ0v) is 11.6. The zero-order valence-electron chi connectivity index (χ0n) is 11.6. The van der Waals surface area contributed by atoms with Crippen LogP contribution in [0.2, 0.25) is 0 Å². The number of fused-ring (bicyclic) bond motifs is 1. The molecule has 0 bridgehead atoms. The molecule has 20 heavy (non-hydrogen) atoms. The van der Waals surface area contributed by atoms with Gasteiger partial charge >= 0.3 is 11.9 Å². The number of aromatic carboxylic acids is 1. The molecule has 0 amide bonds. The lowest BCUT2D eigenvalue weighted by Crippen LogP contribution is -2.24. The summed E-state index contributed by atoms with van der Waals surface area (Å²) in [4.78, 5) is 22.8. The summed E-state index contributed by atoms with van der Waals surface area (Å²) in [5.74, 6) is -1.40. The van der Waals surface area contributed by atoms with Crippen LogP contribution in [0.3, 0.4) is 0 Å². The van der Waals surface area contributed by atoms with Gasteiger partial charge in [-0.15, -0.1) is 0 Å². The van der Waals surface area contributed by atoms with Gasteiger partial charge in [-0.3, -0.25) is 4.79 Å². The molecule has 0 aliphatic heterocycles. The van der Waals surface area contributed by atoms with Crippen LogP contribution in [0.4, 0.5) is 0 Å². The van der Waals surface area contributed by atoms with Gasteiger partial charge in [-0.2, -0.15) is 5.10 Å². The molecule has 0 saturated carbocycles. The monoisotopic (exact) mass is 276 g/mol. The Morgan fingerprint density at radius 3 is 2.70 bits per heavy atom. The minimum absolute atomic E-state index is 0.0952. The molecule has 1 N–H and O–H groups in total.